The predicted octanol–water partition coefficient (Wildman–Crippen LogP) is 1.91. The van der Waals surface area contributed by atoms with Crippen LogP contribution in [0.4, 0.5) is 5.69 Å². The molecule has 0 fully saturated rings. The van der Waals surface area contributed by atoms with Crippen molar-refractivity contribution in [2.75, 3.05) is 11.6 Å². The summed E-state index contributed by atoms with van der Waals surface area (Å²) in [4.78, 5) is 23.2. The monoisotopic (exact) mass is 363 g/mol. The molecule has 0 saturated carbocycles. The number of carbonyl (C=O) groups is 2. The number of sulfone groups is 1. The lowest BCUT2D eigenvalue weighted by atomic mass is 10.1. The highest BCUT2D eigenvalue weighted by molar-refractivity contribution is 9.10. The smallest absolute Gasteiger partial charge is 0.337 e. The summed E-state index contributed by atoms with van der Waals surface area (Å²) < 4.78 is 21.9. The SMILES string of the molecule is CC(C)(C(=O)Nc1c(Br)cccc1C(=O)O)S(C)(=O)=O. The highest BCUT2D eigenvalue weighted by Gasteiger charge is 2.39. The Morgan fingerprint density at radius 3 is 2.30 bits per heavy atom. The Bertz CT molecular complexity index is 666. The van der Waals surface area contributed by atoms with Gasteiger partial charge in [0.05, 0.1) is 11.3 Å². The van der Waals surface area contributed by atoms with E-state index in [1.807, 2.05) is 0 Å². The summed E-state index contributed by atoms with van der Waals surface area (Å²) in [6, 6.07) is 4.37. The number of halogens is 1. The number of para-hydroxylation sites is 1. The molecule has 0 aliphatic carbocycles. The molecule has 0 atom stereocenters. The van der Waals surface area contributed by atoms with Crippen LogP contribution in [-0.2, 0) is 14.6 Å². The minimum absolute atomic E-state index is 0.0294. The molecule has 0 heterocycles. The van der Waals surface area contributed by atoms with Crippen LogP contribution in [0.2, 0.25) is 0 Å². The fourth-order valence-corrected chi connectivity index (χ4v) is 2.11. The van der Waals surface area contributed by atoms with Gasteiger partial charge < -0.3 is 10.4 Å². The number of anilines is 1. The molecule has 0 unspecified atom stereocenters. The Morgan fingerprint density at radius 2 is 1.85 bits per heavy atom. The van der Waals surface area contributed by atoms with Crippen molar-refractivity contribution < 1.29 is 23.1 Å². The molecule has 1 aromatic carbocycles. The lowest BCUT2D eigenvalue weighted by Gasteiger charge is -2.22. The van der Waals surface area contributed by atoms with E-state index in [-0.39, 0.29) is 11.3 Å². The van der Waals surface area contributed by atoms with Gasteiger partial charge in [-0.05, 0) is 41.9 Å². The van der Waals surface area contributed by atoms with Gasteiger partial charge in [0, 0.05) is 10.7 Å². The molecule has 0 aliphatic heterocycles. The zero-order valence-electron chi connectivity index (χ0n) is 11.1. The van der Waals surface area contributed by atoms with Crippen LogP contribution in [0, 0.1) is 0 Å². The van der Waals surface area contributed by atoms with Crippen molar-refractivity contribution in [3.8, 4) is 0 Å². The van der Waals surface area contributed by atoms with Crippen molar-refractivity contribution in [1.82, 2.24) is 0 Å². The van der Waals surface area contributed by atoms with Crippen molar-refractivity contribution >= 4 is 43.3 Å². The van der Waals surface area contributed by atoms with Crippen LogP contribution in [0.15, 0.2) is 22.7 Å². The number of rotatable bonds is 4. The second kappa shape index (κ2) is 5.53. The van der Waals surface area contributed by atoms with Crippen LogP contribution in [0.5, 0.6) is 0 Å². The Labute approximate surface area is 125 Å². The maximum Gasteiger partial charge on any atom is 0.337 e. The van der Waals surface area contributed by atoms with Crippen LogP contribution in [-0.4, -0.2) is 36.4 Å². The van der Waals surface area contributed by atoms with Crippen LogP contribution in [0.25, 0.3) is 0 Å². The number of carbonyl (C=O) groups excluding carboxylic acids is 1. The summed E-state index contributed by atoms with van der Waals surface area (Å²) in [6.45, 7) is 2.52. The molecule has 0 spiro atoms. The van der Waals surface area contributed by atoms with Gasteiger partial charge in [-0.2, -0.15) is 0 Å². The van der Waals surface area contributed by atoms with Gasteiger partial charge in [0.25, 0.3) is 0 Å². The predicted molar refractivity (Wildman–Crippen MR) is 78.7 cm³/mol. The van der Waals surface area contributed by atoms with E-state index >= 15 is 0 Å². The first-order chi connectivity index (χ1) is 8.98. The lowest BCUT2D eigenvalue weighted by Crippen LogP contribution is -2.44. The van der Waals surface area contributed by atoms with Gasteiger partial charge in [0.2, 0.25) is 5.91 Å². The van der Waals surface area contributed by atoms with Crippen LogP contribution in [0.1, 0.15) is 24.2 Å². The average molecular weight is 364 g/mol. The molecule has 0 saturated heterocycles. The Hall–Kier alpha value is -1.41. The van der Waals surface area contributed by atoms with Crippen LogP contribution < -0.4 is 5.32 Å². The Balaban J connectivity index is 3.25. The molecule has 0 aromatic heterocycles. The first kappa shape index (κ1) is 16.6. The fourth-order valence-electron chi connectivity index (χ4n) is 1.26. The fraction of sp³-hybridized carbons (Fsp3) is 0.333. The van der Waals surface area contributed by atoms with Gasteiger partial charge in [-0.25, -0.2) is 13.2 Å². The van der Waals surface area contributed by atoms with Crippen LogP contribution in [0.3, 0.4) is 0 Å². The molecule has 0 bridgehead atoms. The Kier molecular flexibility index (Phi) is 4.60. The highest BCUT2D eigenvalue weighted by Crippen LogP contribution is 2.28. The summed E-state index contributed by atoms with van der Waals surface area (Å²) in [6.07, 6.45) is 0.949. The third-order valence-corrected chi connectivity index (χ3v) is 5.66. The molecule has 20 heavy (non-hydrogen) atoms. The second-order valence-electron chi connectivity index (χ2n) is 4.70. The molecular weight excluding hydrogens is 350 g/mol. The average Bonchev–Trinajstić information content (AvgIpc) is 2.29. The molecule has 0 aliphatic rings. The van der Waals surface area contributed by atoms with Gasteiger partial charge in [-0.3, -0.25) is 4.79 Å². The number of hydrogen-bond acceptors (Lipinski definition) is 4. The molecule has 0 radical (unpaired) electrons. The van der Waals surface area contributed by atoms with E-state index < -0.39 is 26.5 Å². The number of aromatic carboxylic acids is 1. The van der Waals surface area contributed by atoms with Crippen molar-refractivity contribution in [1.29, 1.82) is 0 Å². The van der Waals surface area contributed by atoms with E-state index in [2.05, 4.69) is 21.2 Å². The van der Waals surface area contributed by atoms with Crippen molar-refractivity contribution in [2.45, 2.75) is 18.6 Å². The molecule has 8 heteroatoms. The van der Waals surface area contributed by atoms with Gasteiger partial charge in [-0.1, -0.05) is 6.07 Å². The molecule has 6 nitrogen and oxygen atoms in total. The number of benzene rings is 1. The van der Waals surface area contributed by atoms with Gasteiger partial charge in [0.1, 0.15) is 4.75 Å². The third kappa shape index (κ3) is 3.18. The summed E-state index contributed by atoms with van der Waals surface area (Å²) in [7, 11) is -3.64. The Morgan fingerprint density at radius 1 is 1.30 bits per heavy atom. The van der Waals surface area contributed by atoms with Crippen molar-refractivity contribution in [2.24, 2.45) is 0 Å². The molecule has 1 aromatic rings. The molecule has 110 valence electrons. The van der Waals surface area contributed by atoms with Gasteiger partial charge in [0.15, 0.2) is 9.84 Å². The lowest BCUT2D eigenvalue weighted by molar-refractivity contribution is -0.117. The molecule has 1 rings (SSSR count). The standard InChI is InChI=1S/C12H14BrNO5S/c1-12(2,20(3,18)19)11(17)14-9-7(10(15)16)5-4-6-8(9)13/h4-6H,1-3H3,(H,14,17)(H,15,16). The third-order valence-electron chi connectivity index (χ3n) is 2.96. The van der Waals surface area contributed by atoms with Gasteiger partial charge >= 0.3 is 5.97 Å². The first-order valence-electron chi connectivity index (χ1n) is 5.51. The summed E-state index contributed by atoms with van der Waals surface area (Å²) in [5.41, 5.74) is -0.0984. The largest absolute Gasteiger partial charge is 0.478 e. The summed E-state index contributed by atoms with van der Waals surface area (Å²) in [5.74, 6) is -2.02. The maximum absolute atomic E-state index is 12.1. The molecular formula is C12H14BrNO5S. The van der Waals surface area contributed by atoms with E-state index in [0.29, 0.717) is 4.47 Å². The molecule has 1 amide bonds. The second-order valence-corrected chi connectivity index (χ2v) is 8.12. The first-order valence-corrected chi connectivity index (χ1v) is 8.19. The van der Waals surface area contributed by atoms with E-state index in [1.165, 1.54) is 26.0 Å². The summed E-state index contributed by atoms with van der Waals surface area (Å²) in [5, 5.41) is 11.4. The van der Waals surface area contributed by atoms with E-state index in [0.717, 1.165) is 6.26 Å². The zero-order chi connectivity index (χ0) is 15.7. The zero-order valence-corrected chi connectivity index (χ0v) is 13.5. The van der Waals surface area contributed by atoms with Gasteiger partial charge in [-0.15, -0.1) is 0 Å². The van der Waals surface area contributed by atoms with Crippen molar-refractivity contribution in [3.63, 3.8) is 0 Å². The number of hydrogen-bond donors (Lipinski definition) is 2. The topological polar surface area (TPSA) is 101 Å². The van der Waals surface area contributed by atoms with Crippen molar-refractivity contribution in [3.05, 3.63) is 28.2 Å². The van der Waals surface area contributed by atoms with E-state index in [9.17, 15) is 18.0 Å². The van der Waals surface area contributed by atoms with Crippen LogP contribution >= 0.6 is 15.9 Å². The minimum Gasteiger partial charge on any atom is -0.478 e. The minimum atomic E-state index is -3.64. The quantitative estimate of drug-likeness (QED) is 0.850. The molecule has 2 N–H and O–H groups in total. The number of carboxylic acids is 1. The number of nitrogens with one attached hydrogen (secondary N) is 1. The summed E-state index contributed by atoms with van der Waals surface area (Å²) >= 11 is 3.13. The number of amides is 1. The normalized spacial score (nSPS) is 12.0. The highest BCUT2D eigenvalue weighted by atomic mass is 79.9. The maximum atomic E-state index is 12.1. The van der Waals surface area contributed by atoms with E-state index in [1.54, 1.807) is 6.07 Å². The van der Waals surface area contributed by atoms with E-state index in [4.69, 9.17) is 5.11 Å². The number of carboxylic acid groups (broad SMARTS) is 1.